The fourth-order valence-corrected chi connectivity index (χ4v) is 3.12. The highest BCUT2D eigenvalue weighted by molar-refractivity contribution is 7.89. The Morgan fingerprint density at radius 3 is 2.82 bits per heavy atom. The molecule has 2 N–H and O–H groups in total. The maximum absolute atomic E-state index is 11.5. The van der Waals surface area contributed by atoms with E-state index in [2.05, 4.69) is 9.71 Å². The van der Waals surface area contributed by atoms with Gasteiger partial charge in [-0.25, -0.2) is 18.1 Å². The van der Waals surface area contributed by atoms with E-state index in [1.807, 2.05) is 12.3 Å². The molecule has 98 valence electrons. The number of aliphatic hydroxyl groups is 1. The van der Waals surface area contributed by atoms with E-state index in [1.165, 1.54) is 0 Å². The van der Waals surface area contributed by atoms with Crippen LogP contribution in [-0.2, 0) is 16.4 Å². The van der Waals surface area contributed by atoms with Gasteiger partial charge in [0, 0.05) is 25.0 Å². The minimum atomic E-state index is -3.20. The molecule has 5 nitrogen and oxygen atoms in total. The van der Waals surface area contributed by atoms with Crippen molar-refractivity contribution in [2.45, 2.75) is 26.2 Å². The number of hydrogen-bond acceptors (Lipinski definition) is 5. The van der Waals surface area contributed by atoms with Crippen LogP contribution in [0.4, 0.5) is 0 Å². The van der Waals surface area contributed by atoms with Crippen molar-refractivity contribution in [3.05, 3.63) is 16.1 Å². The van der Waals surface area contributed by atoms with Gasteiger partial charge in [-0.1, -0.05) is 0 Å². The van der Waals surface area contributed by atoms with E-state index in [1.54, 1.807) is 11.3 Å². The van der Waals surface area contributed by atoms with Gasteiger partial charge in [-0.2, -0.15) is 0 Å². The van der Waals surface area contributed by atoms with Crippen LogP contribution < -0.4 is 4.72 Å². The molecule has 0 radical (unpaired) electrons. The van der Waals surface area contributed by atoms with Crippen LogP contribution in [0.15, 0.2) is 5.38 Å². The smallest absolute Gasteiger partial charge is 0.211 e. The van der Waals surface area contributed by atoms with Gasteiger partial charge in [0.1, 0.15) is 0 Å². The van der Waals surface area contributed by atoms with Gasteiger partial charge in [0.25, 0.3) is 0 Å². The highest BCUT2D eigenvalue weighted by Crippen LogP contribution is 2.07. The van der Waals surface area contributed by atoms with E-state index in [-0.39, 0.29) is 12.4 Å². The second-order valence-electron chi connectivity index (χ2n) is 3.75. The van der Waals surface area contributed by atoms with Crippen molar-refractivity contribution in [3.8, 4) is 0 Å². The number of aliphatic hydroxyl groups excluding tert-OH is 1. The van der Waals surface area contributed by atoms with Crippen LogP contribution in [0.1, 0.15) is 23.5 Å². The minimum Gasteiger partial charge on any atom is -0.396 e. The molecule has 0 saturated carbocycles. The number of nitrogens with one attached hydrogen (secondary N) is 1. The summed E-state index contributed by atoms with van der Waals surface area (Å²) in [6, 6.07) is 0. The maximum Gasteiger partial charge on any atom is 0.211 e. The topological polar surface area (TPSA) is 79.3 Å². The van der Waals surface area contributed by atoms with Crippen molar-refractivity contribution < 1.29 is 13.5 Å². The normalized spacial score (nSPS) is 11.9. The molecule has 1 rings (SSSR count). The van der Waals surface area contributed by atoms with Crippen LogP contribution in [0.5, 0.6) is 0 Å². The van der Waals surface area contributed by atoms with Gasteiger partial charge in [-0.15, -0.1) is 11.3 Å². The van der Waals surface area contributed by atoms with E-state index >= 15 is 0 Å². The van der Waals surface area contributed by atoms with Crippen LogP contribution in [0.25, 0.3) is 0 Å². The predicted molar refractivity (Wildman–Crippen MR) is 68.7 cm³/mol. The lowest BCUT2D eigenvalue weighted by molar-refractivity contribution is 0.287. The standard InChI is InChI=1S/C10H18N2O3S2/c1-9-12-10(8-16-9)4-5-11-17(14,15)7-3-2-6-13/h8,11,13H,2-7H2,1H3. The Kier molecular flexibility index (Phi) is 6.04. The molecule has 7 heteroatoms. The van der Waals surface area contributed by atoms with Gasteiger partial charge in [-0.3, -0.25) is 0 Å². The van der Waals surface area contributed by atoms with Gasteiger partial charge in [0.05, 0.1) is 16.5 Å². The second kappa shape index (κ2) is 7.05. The molecule has 0 fully saturated rings. The van der Waals surface area contributed by atoms with E-state index < -0.39 is 10.0 Å². The Balaban J connectivity index is 2.25. The number of unbranched alkanes of at least 4 members (excludes halogenated alkanes) is 1. The highest BCUT2D eigenvalue weighted by atomic mass is 32.2. The maximum atomic E-state index is 11.5. The SMILES string of the molecule is Cc1nc(CCNS(=O)(=O)CCCCO)cs1. The number of rotatable bonds is 8. The van der Waals surface area contributed by atoms with Crippen molar-refractivity contribution in [3.63, 3.8) is 0 Å². The van der Waals surface area contributed by atoms with Gasteiger partial charge >= 0.3 is 0 Å². The lowest BCUT2D eigenvalue weighted by atomic mass is 10.3. The van der Waals surface area contributed by atoms with E-state index in [4.69, 9.17) is 5.11 Å². The average Bonchev–Trinajstić information content (AvgIpc) is 2.64. The average molecular weight is 278 g/mol. The molecule has 0 aliphatic carbocycles. The number of aromatic nitrogens is 1. The van der Waals surface area contributed by atoms with Crippen molar-refractivity contribution in [2.24, 2.45) is 0 Å². The van der Waals surface area contributed by atoms with E-state index in [0.29, 0.717) is 25.8 Å². The molecule has 0 atom stereocenters. The molecule has 0 spiro atoms. The lowest BCUT2D eigenvalue weighted by Crippen LogP contribution is -2.28. The van der Waals surface area contributed by atoms with Gasteiger partial charge in [0.15, 0.2) is 0 Å². The molecule has 1 heterocycles. The first-order valence-corrected chi connectivity index (χ1v) is 8.06. The summed E-state index contributed by atoms with van der Waals surface area (Å²) < 4.78 is 25.5. The molecule has 0 aliphatic heterocycles. The lowest BCUT2D eigenvalue weighted by Gasteiger charge is -2.04. The van der Waals surface area contributed by atoms with Crippen molar-refractivity contribution in [2.75, 3.05) is 18.9 Å². The Morgan fingerprint density at radius 1 is 1.47 bits per heavy atom. The van der Waals surface area contributed by atoms with Crippen molar-refractivity contribution in [1.29, 1.82) is 0 Å². The van der Waals surface area contributed by atoms with Gasteiger partial charge in [0.2, 0.25) is 10.0 Å². The third-order valence-corrected chi connectivity index (χ3v) is 4.48. The first-order valence-electron chi connectivity index (χ1n) is 5.53. The molecule has 0 unspecified atom stereocenters. The Morgan fingerprint density at radius 2 is 2.24 bits per heavy atom. The summed E-state index contributed by atoms with van der Waals surface area (Å²) in [6.45, 7) is 2.34. The summed E-state index contributed by atoms with van der Waals surface area (Å²) in [5.41, 5.74) is 0.922. The van der Waals surface area contributed by atoms with Crippen LogP contribution in [0, 0.1) is 6.92 Å². The molecule has 0 amide bonds. The van der Waals surface area contributed by atoms with Crippen molar-refractivity contribution in [1.82, 2.24) is 9.71 Å². The quantitative estimate of drug-likeness (QED) is 0.686. The molecule has 17 heavy (non-hydrogen) atoms. The predicted octanol–water partition coefficient (Wildman–Crippen LogP) is 0.686. The summed E-state index contributed by atoms with van der Waals surface area (Å²) in [5, 5.41) is 11.5. The zero-order valence-corrected chi connectivity index (χ0v) is 11.5. The Bertz CT molecular complexity index is 429. The van der Waals surface area contributed by atoms with E-state index in [0.717, 1.165) is 10.7 Å². The first-order chi connectivity index (χ1) is 8.03. The molecule has 1 aromatic heterocycles. The van der Waals surface area contributed by atoms with Crippen LogP contribution >= 0.6 is 11.3 Å². The number of aryl methyl sites for hydroxylation is 1. The Hall–Kier alpha value is -0.500. The number of nitrogens with zero attached hydrogens (tertiary/aromatic N) is 1. The summed E-state index contributed by atoms with van der Waals surface area (Å²) >= 11 is 1.56. The molecular formula is C10H18N2O3S2. The van der Waals surface area contributed by atoms with Crippen LogP contribution in [0.2, 0.25) is 0 Å². The molecule has 0 bridgehead atoms. The second-order valence-corrected chi connectivity index (χ2v) is 6.74. The first kappa shape index (κ1) is 14.6. The summed E-state index contributed by atoms with van der Waals surface area (Å²) in [5.74, 6) is 0.0731. The number of sulfonamides is 1. The molecular weight excluding hydrogens is 260 g/mol. The van der Waals surface area contributed by atoms with Crippen molar-refractivity contribution >= 4 is 21.4 Å². The molecule has 0 aromatic carbocycles. The van der Waals surface area contributed by atoms with Crippen LogP contribution in [-0.4, -0.2) is 37.4 Å². The third kappa shape index (κ3) is 6.11. The zero-order valence-electron chi connectivity index (χ0n) is 9.85. The number of thiazole rings is 1. The number of hydrogen-bond donors (Lipinski definition) is 2. The molecule has 0 saturated heterocycles. The minimum absolute atomic E-state index is 0.0353. The Labute approximate surface area is 106 Å². The largest absolute Gasteiger partial charge is 0.396 e. The molecule has 0 aliphatic rings. The zero-order chi connectivity index (χ0) is 12.7. The summed E-state index contributed by atoms with van der Waals surface area (Å²) in [6.07, 6.45) is 1.62. The van der Waals surface area contributed by atoms with Gasteiger partial charge < -0.3 is 5.11 Å². The summed E-state index contributed by atoms with van der Waals surface area (Å²) in [7, 11) is -3.20. The van der Waals surface area contributed by atoms with E-state index in [9.17, 15) is 8.42 Å². The molecule has 1 aromatic rings. The monoisotopic (exact) mass is 278 g/mol. The van der Waals surface area contributed by atoms with Crippen LogP contribution in [0.3, 0.4) is 0 Å². The van der Waals surface area contributed by atoms with Gasteiger partial charge in [-0.05, 0) is 19.8 Å². The highest BCUT2D eigenvalue weighted by Gasteiger charge is 2.09. The summed E-state index contributed by atoms with van der Waals surface area (Å²) in [4.78, 5) is 4.26. The third-order valence-electron chi connectivity index (χ3n) is 2.19. The fraction of sp³-hybridized carbons (Fsp3) is 0.700. The fourth-order valence-electron chi connectivity index (χ4n) is 1.33.